The minimum atomic E-state index is -0.216. The summed E-state index contributed by atoms with van der Waals surface area (Å²) in [6.07, 6.45) is 2.72. The maximum absolute atomic E-state index is 11.9. The number of urea groups is 1. The van der Waals surface area contributed by atoms with Crippen molar-refractivity contribution >= 4 is 6.03 Å². The monoisotopic (exact) mass is 268 g/mol. The van der Waals surface area contributed by atoms with Crippen molar-refractivity contribution < 1.29 is 4.79 Å². The van der Waals surface area contributed by atoms with Crippen molar-refractivity contribution in [1.82, 2.24) is 10.6 Å². The first-order valence-corrected chi connectivity index (χ1v) is 6.99. The van der Waals surface area contributed by atoms with Gasteiger partial charge in [-0.1, -0.05) is 47.1 Å². The van der Waals surface area contributed by atoms with Gasteiger partial charge in [-0.3, -0.25) is 0 Å². The second-order valence-corrected chi connectivity index (χ2v) is 8.30. The van der Waals surface area contributed by atoms with Gasteiger partial charge in [-0.05, 0) is 38.0 Å². The summed E-state index contributed by atoms with van der Waals surface area (Å²) in [5.41, 5.74) is 1.20. The Bertz CT molecular complexity index is 341. The van der Waals surface area contributed by atoms with Gasteiger partial charge in [0.2, 0.25) is 0 Å². The van der Waals surface area contributed by atoms with Crippen LogP contribution in [0.2, 0.25) is 0 Å². The van der Waals surface area contributed by atoms with Crippen LogP contribution in [0.3, 0.4) is 0 Å². The predicted molar refractivity (Wildman–Crippen MR) is 83.0 cm³/mol. The number of amides is 2. The fourth-order valence-electron chi connectivity index (χ4n) is 2.10. The SMILES string of the molecule is C/C(=C\NC(=O)NC(C)(C)CC(C)(C)C)C(C)(C)C. The highest BCUT2D eigenvalue weighted by atomic mass is 16.2. The lowest BCUT2D eigenvalue weighted by molar-refractivity contribution is 0.213. The number of hydrogen-bond acceptors (Lipinski definition) is 1. The number of nitrogens with one attached hydrogen (secondary N) is 2. The second-order valence-electron chi connectivity index (χ2n) is 8.30. The molecule has 0 saturated heterocycles. The molecule has 0 atom stereocenters. The van der Waals surface area contributed by atoms with Crippen LogP contribution in [-0.4, -0.2) is 11.6 Å². The third-order valence-corrected chi connectivity index (χ3v) is 3.03. The van der Waals surface area contributed by atoms with Crippen molar-refractivity contribution in [3.63, 3.8) is 0 Å². The first-order chi connectivity index (χ1) is 8.23. The predicted octanol–water partition coefficient (Wildman–Crippen LogP) is 4.45. The summed E-state index contributed by atoms with van der Waals surface area (Å²) in [5, 5.41) is 5.84. The molecule has 19 heavy (non-hydrogen) atoms. The Balaban J connectivity index is 4.48. The number of hydrogen-bond donors (Lipinski definition) is 2. The van der Waals surface area contributed by atoms with Gasteiger partial charge in [0, 0.05) is 11.7 Å². The quantitative estimate of drug-likeness (QED) is 0.780. The maximum Gasteiger partial charge on any atom is 0.319 e. The van der Waals surface area contributed by atoms with Crippen LogP contribution in [-0.2, 0) is 0 Å². The van der Waals surface area contributed by atoms with Crippen LogP contribution in [0.15, 0.2) is 11.8 Å². The van der Waals surface area contributed by atoms with Crippen LogP contribution < -0.4 is 10.6 Å². The lowest BCUT2D eigenvalue weighted by Gasteiger charge is -2.33. The number of carbonyl (C=O) groups is 1. The average Bonchev–Trinajstić information content (AvgIpc) is 2.07. The fourth-order valence-corrected chi connectivity index (χ4v) is 2.10. The molecule has 0 aliphatic heterocycles. The maximum atomic E-state index is 11.9. The molecule has 0 aromatic heterocycles. The van der Waals surface area contributed by atoms with E-state index in [9.17, 15) is 4.79 Å². The normalized spacial score (nSPS) is 14.3. The third kappa shape index (κ3) is 8.68. The molecule has 3 nitrogen and oxygen atoms in total. The molecule has 112 valence electrons. The van der Waals surface area contributed by atoms with Crippen molar-refractivity contribution in [3.05, 3.63) is 11.8 Å². The molecule has 0 heterocycles. The highest BCUT2D eigenvalue weighted by molar-refractivity contribution is 5.75. The first kappa shape index (κ1) is 18.0. The Morgan fingerprint density at radius 3 is 1.84 bits per heavy atom. The van der Waals surface area contributed by atoms with Crippen molar-refractivity contribution in [2.24, 2.45) is 10.8 Å². The van der Waals surface area contributed by atoms with Gasteiger partial charge < -0.3 is 10.6 Å². The zero-order valence-corrected chi connectivity index (χ0v) is 14.2. The van der Waals surface area contributed by atoms with Gasteiger partial charge in [0.05, 0.1) is 0 Å². The fraction of sp³-hybridized carbons (Fsp3) is 0.812. The van der Waals surface area contributed by atoms with E-state index in [1.54, 1.807) is 6.20 Å². The number of rotatable bonds is 3. The second kappa shape index (κ2) is 5.98. The minimum absolute atomic E-state index is 0.0776. The van der Waals surface area contributed by atoms with E-state index in [1.807, 2.05) is 6.92 Å². The molecular formula is C16H32N2O. The van der Waals surface area contributed by atoms with E-state index < -0.39 is 0 Å². The van der Waals surface area contributed by atoms with Crippen LogP contribution in [0.1, 0.15) is 68.7 Å². The van der Waals surface area contributed by atoms with Gasteiger partial charge in [-0.2, -0.15) is 0 Å². The first-order valence-electron chi connectivity index (χ1n) is 6.99. The Morgan fingerprint density at radius 2 is 1.47 bits per heavy atom. The largest absolute Gasteiger partial charge is 0.333 e. The van der Waals surface area contributed by atoms with Crippen LogP contribution in [0.4, 0.5) is 4.79 Å². The Hall–Kier alpha value is -0.990. The molecule has 0 aliphatic rings. The molecule has 0 aromatic carbocycles. The van der Waals surface area contributed by atoms with E-state index >= 15 is 0 Å². The summed E-state index contributed by atoms with van der Waals surface area (Å²) in [6, 6.07) is -0.141. The minimum Gasteiger partial charge on any atom is -0.333 e. The van der Waals surface area contributed by atoms with Crippen molar-refractivity contribution in [2.45, 2.75) is 74.3 Å². The molecule has 0 aliphatic carbocycles. The van der Waals surface area contributed by atoms with Crippen LogP contribution in [0, 0.1) is 10.8 Å². The highest BCUT2D eigenvalue weighted by Crippen LogP contribution is 2.26. The Morgan fingerprint density at radius 1 is 1.00 bits per heavy atom. The molecule has 2 amide bonds. The van der Waals surface area contributed by atoms with E-state index in [4.69, 9.17) is 0 Å². The smallest absolute Gasteiger partial charge is 0.319 e. The van der Waals surface area contributed by atoms with E-state index in [1.165, 1.54) is 0 Å². The molecule has 0 radical (unpaired) electrons. The topological polar surface area (TPSA) is 41.1 Å². The molecule has 0 spiro atoms. The van der Waals surface area contributed by atoms with E-state index in [2.05, 4.69) is 66.0 Å². The van der Waals surface area contributed by atoms with Gasteiger partial charge in [-0.15, -0.1) is 0 Å². The molecule has 0 rings (SSSR count). The third-order valence-electron chi connectivity index (χ3n) is 3.03. The van der Waals surface area contributed by atoms with E-state index in [-0.39, 0.29) is 22.4 Å². The molecule has 0 bridgehead atoms. The molecule has 2 N–H and O–H groups in total. The molecule has 0 aromatic rings. The summed E-state index contributed by atoms with van der Waals surface area (Å²) in [7, 11) is 0. The van der Waals surface area contributed by atoms with Gasteiger partial charge in [0.1, 0.15) is 0 Å². The zero-order valence-electron chi connectivity index (χ0n) is 14.2. The Labute approximate surface area is 119 Å². The van der Waals surface area contributed by atoms with Gasteiger partial charge >= 0.3 is 6.03 Å². The lowest BCUT2D eigenvalue weighted by atomic mass is 9.82. The average molecular weight is 268 g/mol. The van der Waals surface area contributed by atoms with Gasteiger partial charge in [0.15, 0.2) is 0 Å². The van der Waals surface area contributed by atoms with E-state index in [0.717, 1.165) is 12.0 Å². The highest BCUT2D eigenvalue weighted by Gasteiger charge is 2.26. The summed E-state index contributed by atoms with van der Waals surface area (Å²) in [6.45, 7) is 19.1. The zero-order chi connectivity index (χ0) is 15.5. The molecule has 3 heteroatoms. The Kier molecular flexibility index (Phi) is 5.66. The molecule has 0 unspecified atom stereocenters. The van der Waals surface area contributed by atoms with Crippen molar-refractivity contribution in [3.8, 4) is 0 Å². The molecule has 0 fully saturated rings. The van der Waals surface area contributed by atoms with Crippen LogP contribution in [0.25, 0.3) is 0 Å². The molecular weight excluding hydrogens is 236 g/mol. The summed E-state index contributed by atoms with van der Waals surface area (Å²) in [5.74, 6) is 0. The standard InChI is InChI=1S/C16H32N2O/c1-12(15(5,6)7)10-17-13(19)18-16(8,9)11-14(2,3)4/h10H,11H2,1-9H3,(H2,17,18,19)/b12-10+. The number of carbonyl (C=O) groups excluding carboxylic acids is 1. The van der Waals surface area contributed by atoms with Crippen LogP contribution in [0.5, 0.6) is 0 Å². The van der Waals surface area contributed by atoms with Crippen LogP contribution >= 0.6 is 0 Å². The summed E-state index contributed by atoms with van der Waals surface area (Å²) < 4.78 is 0. The summed E-state index contributed by atoms with van der Waals surface area (Å²) in [4.78, 5) is 11.9. The number of allylic oxidation sites excluding steroid dienone is 1. The lowest BCUT2D eigenvalue weighted by Crippen LogP contribution is -2.49. The molecule has 0 saturated carbocycles. The van der Waals surface area contributed by atoms with Gasteiger partial charge in [-0.25, -0.2) is 4.79 Å². The summed E-state index contributed by atoms with van der Waals surface area (Å²) >= 11 is 0. The van der Waals surface area contributed by atoms with Crippen molar-refractivity contribution in [2.75, 3.05) is 0 Å². The van der Waals surface area contributed by atoms with Gasteiger partial charge in [0.25, 0.3) is 0 Å². The van der Waals surface area contributed by atoms with Crippen molar-refractivity contribution in [1.29, 1.82) is 0 Å². The van der Waals surface area contributed by atoms with E-state index in [0.29, 0.717) is 0 Å².